The third-order valence-electron chi connectivity index (χ3n) is 5.31. The molecule has 0 atom stereocenters. The predicted octanol–water partition coefficient (Wildman–Crippen LogP) is 5.87. The molecule has 0 bridgehead atoms. The Morgan fingerprint density at radius 2 is 1.62 bits per heavy atom. The number of methoxy groups -OCH3 is 1. The number of para-hydroxylation sites is 1. The first-order valence-corrected chi connectivity index (χ1v) is 9.65. The molecule has 29 heavy (non-hydrogen) atoms. The number of benzene rings is 3. The average Bonchev–Trinajstić information content (AvgIpc) is 3.09. The highest BCUT2D eigenvalue weighted by atomic mass is 16.5. The maximum absolute atomic E-state index is 5.36. The van der Waals surface area contributed by atoms with E-state index in [1.54, 1.807) is 7.11 Å². The zero-order valence-corrected chi connectivity index (χ0v) is 16.7. The summed E-state index contributed by atoms with van der Waals surface area (Å²) in [6.07, 6.45) is 0. The zero-order chi connectivity index (χ0) is 20.0. The van der Waals surface area contributed by atoms with Crippen LogP contribution in [0.5, 0.6) is 5.75 Å². The number of hydrogen-bond acceptors (Lipinski definition) is 3. The Bertz CT molecular complexity index is 1340. The maximum Gasteiger partial charge on any atom is 0.164 e. The summed E-state index contributed by atoms with van der Waals surface area (Å²) in [7, 11) is 1.69. The van der Waals surface area contributed by atoms with Crippen molar-refractivity contribution >= 4 is 21.9 Å². The highest BCUT2D eigenvalue weighted by Gasteiger charge is 2.19. The van der Waals surface area contributed by atoms with Crippen molar-refractivity contribution in [3.63, 3.8) is 0 Å². The van der Waals surface area contributed by atoms with Crippen LogP contribution in [0.4, 0.5) is 0 Å². The van der Waals surface area contributed by atoms with Crippen LogP contribution in [0.25, 0.3) is 38.8 Å². The zero-order valence-electron chi connectivity index (χ0n) is 16.7. The highest BCUT2D eigenvalue weighted by molar-refractivity contribution is 6.10. The summed E-state index contributed by atoms with van der Waals surface area (Å²) >= 11 is 0. The first-order chi connectivity index (χ1) is 14.2. The Morgan fingerprint density at radius 1 is 0.862 bits per heavy atom. The van der Waals surface area contributed by atoms with Crippen LogP contribution in [0.3, 0.4) is 0 Å². The van der Waals surface area contributed by atoms with Gasteiger partial charge >= 0.3 is 0 Å². The van der Waals surface area contributed by atoms with E-state index in [0.717, 1.165) is 50.2 Å². The molecule has 0 radical (unpaired) electrons. The molecule has 0 saturated carbocycles. The molecule has 0 aliphatic rings. The van der Waals surface area contributed by atoms with Crippen molar-refractivity contribution in [2.75, 3.05) is 7.11 Å². The first kappa shape index (κ1) is 17.4. The fourth-order valence-corrected chi connectivity index (χ4v) is 3.91. The molecule has 4 heteroatoms. The van der Waals surface area contributed by atoms with Gasteiger partial charge in [0.25, 0.3) is 0 Å². The predicted molar refractivity (Wildman–Crippen MR) is 118 cm³/mol. The van der Waals surface area contributed by atoms with Gasteiger partial charge in [-0.15, -0.1) is 0 Å². The van der Waals surface area contributed by atoms with Gasteiger partial charge < -0.3 is 4.74 Å². The summed E-state index contributed by atoms with van der Waals surface area (Å²) in [5.41, 5.74) is 7.31. The van der Waals surface area contributed by atoms with Crippen molar-refractivity contribution in [2.45, 2.75) is 13.8 Å². The molecular weight excluding hydrogens is 358 g/mol. The number of pyridine rings is 1. The van der Waals surface area contributed by atoms with Gasteiger partial charge in [0.05, 0.1) is 29.4 Å². The minimum absolute atomic E-state index is 0.844. The molecule has 5 rings (SSSR count). The van der Waals surface area contributed by atoms with E-state index in [4.69, 9.17) is 14.8 Å². The molecule has 0 aliphatic heterocycles. The number of rotatable bonds is 3. The molecule has 5 aromatic rings. The summed E-state index contributed by atoms with van der Waals surface area (Å²) in [6, 6.07) is 24.8. The van der Waals surface area contributed by atoms with Gasteiger partial charge in [0, 0.05) is 10.9 Å². The van der Waals surface area contributed by atoms with Gasteiger partial charge in [0.1, 0.15) is 5.75 Å². The van der Waals surface area contributed by atoms with E-state index in [2.05, 4.69) is 56.3 Å². The van der Waals surface area contributed by atoms with E-state index in [1.165, 1.54) is 5.56 Å². The Hall–Kier alpha value is -3.66. The van der Waals surface area contributed by atoms with E-state index >= 15 is 0 Å². The van der Waals surface area contributed by atoms with Gasteiger partial charge in [-0.2, -0.15) is 5.10 Å². The highest BCUT2D eigenvalue weighted by Crippen LogP contribution is 2.38. The average molecular weight is 379 g/mol. The molecule has 2 heterocycles. The summed E-state index contributed by atoms with van der Waals surface area (Å²) in [5, 5.41) is 7.07. The lowest BCUT2D eigenvalue weighted by Gasteiger charge is -2.12. The van der Waals surface area contributed by atoms with Crippen LogP contribution in [0.1, 0.15) is 11.3 Å². The summed E-state index contributed by atoms with van der Waals surface area (Å²) in [4.78, 5) is 5.01. The second-order valence-corrected chi connectivity index (χ2v) is 7.27. The monoisotopic (exact) mass is 379 g/mol. The number of fused-ring (bicyclic) bond motifs is 2. The molecule has 0 amide bonds. The van der Waals surface area contributed by atoms with Crippen LogP contribution in [0.2, 0.25) is 0 Å². The van der Waals surface area contributed by atoms with Crippen LogP contribution in [0.15, 0.2) is 72.8 Å². The van der Waals surface area contributed by atoms with Crippen molar-refractivity contribution in [3.8, 4) is 22.6 Å². The third kappa shape index (κ3) is 2.85. The van der Waals surface area contributed by atoms with Gasteiger partial charge in [-0.3, -0.25) is 0 Å². The normalized spacial score (nSPS) is 11.3. The topological polar surface area (TPSA) is 39.9 Å². The van der Waals surface area contributed by atoms with Crippen LogP contribution in [-0.2, 0) is 0 Å². The molecule has 0 aliphatic carbocycles. The van der Waals surface area contributed by atoms with Crippen molar-refractivity contribution in [2.24, 2.45) is 0 Å². The molecule has 0 saturated heterocycles. The molecule has 0 unspecified atom stereocenters. The number of aromatic nitrogens is 3. The molecule has 142 valence electrons. The Kier molecular flexibility index (Phi) is 4.06. The quantitative estimate of drug-likeness (QED) is 0.394. The Balaban J connectivity index is 1.91. The van der Waals surface area contributed by atoms with Gasteiger partial charge in [0.2, 0.25) is 0 Å². The molecule has 2 aromatic heterocycles. The molecule has 4 nitrogen and oxygen atoms in total. The van der Waals surface area contributed by atoms with Crippen molar-refractivity contribution in [1.82, 2.24) is 14.8 Å². The van der Waals surface area contributed by atoms with Gasteiger partial charge in [-0.1, -0.05) is 42.0 Å². The Morgan fingerprint density at radius 3 is 2.34 bits per heavy atom. The van der Waals surface area contributed by atoms with Gasteiger partial charge in [-0.25, -0.2) is 9.67 Å². The van der Waals surface area contributed by atoms with Crippen molar-refractivity contribution in [3.05, 3.63) is 84.1 Å². The van der Waals surface area contributed by atoms with E-state index < -0.39 is 0 Å². The smallest absolute Gasteiger partial charge is 0.164 e. The largest absolute Gasteiger partial charge is 0.497 e. The van der Waals surface area contributed by atoms with Crippen molar-refractivity contribution in [1.29, 1.82) is 0 Å². The summed E-state index contributed by atoms with van der Waals surface area (Å²) in [6.45, 7) is 4.17. The molecule has 0 spiro atoms. The van der Waals surface area contributed by atoms with Crippen LogP contribution < -0.4 is 4.74 Å². The fourth-order valence-electron chi connectivity index (χ4n) is 3.91. The lowest BCUT2D eigenvalue weighted by Crippen LogP contribution is -1.98. The fraction of sp³-hybridized carbons (Fsp3) is 0.120. The third-order valence-corrected chi connectivity index (χ3v) is 5.31. The van der Waals surface area contributed by atoms with Gasteiger partial charge in [0.15, 0.2) is 5.65 Å². The lowest BCUT2D eigenvalue weighted by molar-refractivity contribution is 0.415. The van der Waals surface area contributed by atoms with Crippen LogP contribution in [0, 0.1) is 13.8 Å². The van der Waals surface area contributed by atoms with Crippen LogP contribution >= 0.6 is 0 Å². The summed E-state index contributed by atoms with van der Waals surface area (Å²) < 4.78 is 7.30. The maximum atomic E-state index is 5.36. The van der Waals surface area contributed by atoms with E-state index in [0.29, 0.717) is 0 Å². The lowest BCUT2D eigenvalue weighted by atomic mass is 9.96. The SMILES string of the molecule is COc1ccc(-c2c3cc(C)ccc3nc3c2c(C)nn3-c2ccccc2)cc1. The van der Waals surface area contributed by atoms with E-state index in [-0.39, 0.29) is 0 Å². The minimum Gasteiger partial charge on any atom is -0.497 e. The summed E-state index contributed by atoms with van der Waals surface area (Å²) in [5.74, 6) is 0.844. The van der Waals surface area contributed by atoms with Crippen LogP contribution in [-0.4, -0.2) is 21.9 Å². The first-order valence-electron chi connectivity index (χ1n) is 9.65. The molecular formula is C25H21N3O. The number of aryl methyl sites for hydroxylation is 2. The number of ether oxygens (including phenoxy) is 1. The number of hydrogen-bond donors (Lipinski definition) is 0. The van der Waals surface area contributed by atoms with Gasteiger partial charge in [-0.05, 0) is 55.8 Å². The second kappa shape index (κ2) is 6.74. The standard InChI is InChI=1S/C25H21N3O/c1-16-9-14-22-21(15-16)24(18-10-12-20(29-3)13-11-18)23-17(2)27-28(25(23)26-22)19-7-5-4-6-8-19/h4-15H,1-3H3. The minimum atomic E-state index is 0.844. The van der Waals surface area contributed by atoms with E-state index in [9.17, 15) is 0 Å². The van der Waals surface area contributed by atoms with Crippen molar-refractivity contribution < 1.29 is 4.74 Å². The molecule has 0 fully saturated rings. The number of nitrogens with zero attached hydrogens (tertiary/aromatic N) is 3. The molecule has 0 N–H and O–H groups in total. The molecule has 3 aromatic carbocycles. The van der Waals surface area contributed by atoms with E-state index in [1.807, 2.05) is 35.0 Å². The second-order valence-electron chi connectivity index (χ2n) is 7.27. The Labute approximate surface area is 169 Å².